The van der Waals surface area contributed by atoms with Crippen LogP contribution in [-0.4, -0.2) is 54.7 Å². The van der Waals surface area contributed by atoms with E-state index < -0.39 is 0 Å². The highest BCUT2D eigenvalue weighted by Crippen LogP contribution is 2.19. The third-order valence-electron chi connectivity index (χ3n) is 4.68. The van der Waals surface area contributed by atoms with Crippen LogP contribution in [0.5, 0.6) is 5.75 Å². The maximum absolute atomic E-state index is 12.3. The Kier molecular flexibility index (Phi) is 7.10. The van der Waals surface area contributed by atoms with E-state index in [1.54, 1.807) is 24.1 Å². The van der Waals surface area contributed by atoms with Gasteiger partial charge in [-0.25, -0.2) is 10.1 Å². The van der Waals surface area contributed by atoms with Crippen molar-refractivity contribution in [1.29, 1.82) is 0 Å². The second-order valence-electron chi connectivity index (χ2n) is 6.86. The van der Waals surface area contributed by atoms with Crippen molar-refractivity contribution in [3.63, 3.8) is 0 Å². The third kappa shape index (κ3) is 5.26. The van der Waals surface area contributed by atoms with Gasteiger partial charge in [0.15, 0.2) is 11.0 Å². The highest BCUT2D eigenvalue weighted by molar-refractivity contribution is 7.99. The van der Waals surface area contributed by atoms with Gasteiger partial charge in [-0.2, -0.15) is 5.10 Å². The summed E-state index contributed by atoms with van der Waals surface area (Å²) < 4.78 is 8.94. The zero-order valence-electron chi connectivity index (χ0n) is 18.0. The molecule has 0 spiro atoms. The first kappa shape index (κ1) is 22.2. The minimum atomic E-state index is -0.261. The third-order valence-corrected chi connectivity index (χ3v) is 5.65. The molecule has 1 amide bonds. The number of amides is 1. The van der Waals surface area contributed by atoms with Crippen LogP contribution in [0.3, 0.4) is 0 Å². The Labute approximate surface area is 194 Å². The van der Waals surface area contributed by atoms with Crippen LogP contribution in [0.15, 0.2) is 71.4 Å². The summed E-state index contributed by atoms with van der Waals surface area (Å²) >= 11 is 1.27. The first-order valence-electron chi connectivity index (χ1n) is 10.1. The number of nitrogens with zero attached hydrogens (tertiary/aromatic N) is 7. The van der Waals surface area contributed by atoms with E-state index in [1.165, 1.54) is 11.8 Å². The van der Waals surface area contributed by atoms with Gasteiger partial charge < -0.3 is 9.30 Å². The van der Waals surface area contributed by atoms with E-state index in [0.717, 1.165) is 16.6 Å². The number of fused-ring (bicyclic) bond motifs is 1. The molecular formula is C22H22N8O2S. The second-order valence-corrected chi connectivity index (χ2v) is 7.80. The highest BCUT2D eigenvalue weighted by Gasteiger charge is 2.15. The molecule has 0 aliphatic heterocycles. The summed E-state index contributed by atoms with van der Waals surface area (Å²) in [5, 5.41) is 21.5. The van der Waals surface area contributed by atoms with Crippen LogP contribution in [0.1, 0.15) is 11.4 Å². The van der Waals surface area contributed by atoms with Crippen molar-refractivity contribution in [1.82, 2.24) is 35.2 Å². The van der Waals surface area contributed by atoms with Gasteiger partial charge in [0, 0.05) is 12.1 Å². The molecule has 0 saturated heterocycles. The number of allylic oxidation sites excluding steroid dienone is 1. The number of methoxy groups -OCH3 is 1. The van der Waals surface area contributed by atoms with Gasteiger partial charge in [-0.05, 0) is 24.3 Å². The molecule has 168 valence electrons. The Hall–Kier alpha value is -3.99. The number of rotatable bonds is 10. The van der Waals surface area contributed by atoms with E-state index in [4.69, 9.17) is 4.74 Å². The highest BCUT2D eigenvalue weighted by atomic mass is 32.2. The van der Waals surface area contributed by atoms with Gasteiger partial charge in [0.1, 0.15) is 17.8 Å². The number of carbonyl (C=O) groups excluding carboxylic acids is 1. The lowest BCUT2D eigenvalue weighted by Gasteiger charge is -2.08. The molecule has 0 bridgehead atoms. The Balaban J connectivity index is 1.40. The van der Waals surface area contributed by atoms with E-state index in [2.05, 4.69) is 37.6 Å². The predicted octanol–water partition coefficient (Wildman–Crippen LogP) is 2.51. The molecule has 0 atom stereocenters. The molecule has 1 N–H and O–H groups in total. The number of para-hydroxylation sites is 2. The van der Waals surface area contributed by atoms with Crippen molar-refractivity contribution in [2.24, 2.45) is 5.10 Å². The average Bonchev–Trinajstić information content (AvgIpc) is 3.43. The Morgan fingerprint density at radius 2 is 2.00 bits per heavy atom. The number of benzene rings is 2. The molecule has 0 aliphatic carbocycles. The van der Waals surface area contributed by atoms with Crippen LogP contribution in [-0.2, 0) is 17.9 Å². The Bertz CT molecular complexity index is 1300. The minimum absolute atomic E-state index is 0.130. The fourth-order valence-corrected chi connectivity index (χ4v) is 3.89. The molecule has 0 radical (unpaired) electrons. The summed E-state index contributed by atoms with van der Waals surface area (Å²) in [6.07, 6.45) is 3.30. The van der Waals surface area contributed by atoms with Crippen molar-refractivity contribution < 1.29 is 9.53 Å². The normalized spacial score (nSPS) is 11.2. The maximum atomic E-state index is 12.3. The van der Waals surface area contributed by atoms with E-state index in [1.807, 2.05) is 53.1 Å². The fourth-order valence-electron chi connectivity index (χ4n) is 3.13. The number of thioether (sulfide) groups is 1. The van der Waals surface area contributed by atoms with E-state index in [9.17, 15) is 4.79 Å². The molecule has 0 aliphatic rings. The average molecular weight is 463 g/mol. The fraction of sp³-hybridized carbons (Fsp3) is 0.182. The topological polar surface area (TPSA) is 112 Å². The zero-order valence-corrected chi connectivity index (χ0v) is 18.8. The maximum Gasteiger partial charge on any atom is 0.250 e. The molecule has 4 rings (SSSR count). The van der Waals surface area contributed by atoms with Crippen molar-refractivity contribution in [2.45, 2.75) is 18.2 Å². The first-order valence-corrected chi connectivity index (χ1v) is 11.1. The minimum Gasteiger partial charge on any atom is -0.496 e. The second kappa shape index (κ2) is 10.6. The predicted molar refractivity (Wildman–Crippen MR) is 126 cm³/mol. The van der Waals surface area contributed by atoms with Gasteiger partial charge in [-0.3, -0.25) is 4.79 Å². The Morgan fingerprint density at radius 1 is 1.18 bits per heavy atom. The number of nitrogens with one attached hydrogen (secondary N) is 1. The molecule has 11 heteroatoms. The van der Waals surface area contributed by atoms with Gasteiger partial charge in [-0.1, -0.05) is 47.3 Å². The number of aromatic nitrogens is 6. The van der Waals surface area contributed by atoms with Gasteiger partial charge >= 0.3 is 0 Å². The summed E-state index contributed by atoms with van der Waals surface area (Å²) in [4.78, 5) is 12.3. The summed E-state index contributed by atoms with van der Waals surface area (Å²) in [6.45, 7) is 4.72. The number of ether oxygens (including phenoxy) is 1. The number of hydrogen-bond acceptors (Lipinski definition) is 8. The molecule has 0 fully saturated rings. The van der Waals surface area contributed by atoms with E-state index in [0.29, 0.717) is 29.8 Å². The Morgan fingerprint density at radius 3 is 2.85 bits per heavy atom. The molecule has 4 aromatic rings. The van der Waals surface area contributed by atoms with Crippen LogP contribution < -0.4 is 10.2 Å². The van der Waals surface area contributed by atoms with Gasteiger partial charge in [0.05, 0.1) is 24.6 Å². The zero-order chi connectivity index (χ0) is 23.0. The molecular weight excluding hydrogens is 440 g/mol. The summed E-state index contributed by atoms with van der Waals surface area (Å²) in [5.74, 6) is 1.24. The lowest BCUT2D eigenvalue weighted by Crippen LogP contribution is -2.20. The molecule has 2 aromatic heterocycles. The van der Waals surface area contributed by atoms with Crippen molar-refractivity contribution >= 4 is 34.9 Å². The van der Waals surface area contributed by atoms with E-state index >= 15 is 0 Å². The van der Waals surface area contributed by atoms with Crippen LogP contribution >= 0.6 is 11.8 Å². The smallest absolute Gasteiger partial charge is 0.250 e. The molecule has 2 aromatic carbocycles. The van der Waals surface area contributed by atoms with Crippen LogP contribution in [0.2, 0.25) is 0 Å². The summed E-state index contributed by atoms with van der Waals surface area (Å²) in [7, 11) is 1.58. The van der Waals surface area contributed by atoms with Gasteiger partial charge in [-0.15, -0.1) is 21.9 Å². The van der Waals surface area contributed by atoms with Crippen LogP contribution in [0.25, 0.3) is 11.0 Å². The molecule has 10 nitrogen and oxygen atoms in total. The standard InChI is InChI=1S/C22H22N8O2S/c1-3-12-29-20(14-30-18-10-6-5-9-17(18)24-28-30)25-27-22(29)33-15-21(31)26-23-13-16-8-4-7-11-19(16)32-2/h3-11,13H,1,12,14-15H2,2H3,(H,26,31). The van der Waals surface area contributed by atoms with Gasteiger partial charge in [0.2, 0.25) is 0 Å². The van der Waals surface area contributed by atoms with Crippen LogP contribution in [0, 0.1) is 0 Å². The lowest BCUT2D eigenvalue weighted by atomic mass is 10.2. The van der Waals surface area contributed by atoms with Crippen molar-refractivity contribution in [2.75, 3.05) is 12.9 Å². The lowest BCUT2D eigenvalue weighted by molar-refractivity contribution is -0.118. The summed E-state index contributed by atoms with van der Waals surface area (Å²) in [5.41, 5.74) is 5.01. The number of hydrazone groups is 1. The first-order chi connectivity index (χ1) is 16.2. The molecule has 0 saturated carbocycles. The molecule has 33 heavy (non-hydrogen) atoms. The molecule has 2 heterocycles. The van der Waals surface area contributed by atoms with Crippen molar-refractivity contribution in [3.05, 3.63) is 72.6 Å². The molecule has 0 unspecified atom stereocenters. The number of hydrogen-bond donors (Lipinski definition) is 1. The quantitative estimate of drug-likeness (QED) is 0.167. The van der Waals surface area contributed by atoms with Crippen LogP contribution in [0.4, 0.5) is 0 Å². The van der Waals surface area contributed by atoms with Crippen molar-refractivity contribution in [3.8, 4) is 5.75 Å². The van der Waals surface area contributed by atoms with E-state index in [-0.39, 0.29) is 11.7 Å². The summed E-state index contributed by atoms with van der Waals surface area (Å²) in [6, 6.07) is 15.1. The largest absolute Gasteiger partial charge is 0.496 e. The monoisotopic (exact) mass is 462 g/mol. The number of carbonyl (C=O) groups is 1. The SMILES string of the molecule is C=CCn1c(Cn2nnc3ccccc32)nnc1SCC(=O)NN=Cc1ccccc1OC. The van der Waals surface area contributed by atoms with Gasteiger partial charge in [0.25, 0.3) is 5.91 Å².